The first-order valence-corrected chi connectivity index (χ1v) is 7.70. The van der Waals surface area contributed by atoms with E-state index in [1.165, 1.54) is 11.8 Å². The van der Waals surface area contributed by atoms with Crippen molar-refractivity contribution in [3.63, 3.8) is 0 Å². The van der Waals surface area contributed by atoms with Crippen molar-refractivity contribution >= 4 is 11.6 Å². The van der Waals surface area contributed by atoms with Gasteiger partial charge in [0.25, 0.3) is 5.91 Å². The van der Waals surface area contributed by atoms with E-state index in [-0.39, 0.29) is 5.91 Å². The van der Waals surface area contributed by atoms with Crippen molar-refractivity contribution < 1.29 is 9.21 Å². The van der Waals surface area contributed by atoms with Crippen LogP contribution in [0.3, 0.4) is 0 Å². The Bertz CT molecular complexity index is 862. The number of carbonyl (C=O) groups is 1. The lowest BCUT2D eigenvalue weighted by atomic mass is 10.0. The Morgan fingerprint density at radius 2 is 1.62 bits per heavy atom. The molecule has 0 aliphatic carbocycles. The van der Waals surface area contributed by atoms with Gasteiger partial charge in [-0.3, -0.25) is 4.79 Å². The van der Waals surface area contributed by atoms with Crippen LogP contribution in [-0.2, 0) is 0 Å². The highest BCUT2D eigenvalue weighted by Crippen LogP contribution is 2.19. The highest BCUT2D eigenvalue weighted by atomic mass is 16.3. The summed E-state index contributed by atoms with van der Waals surface area (Å²) in [4.78, 5) is 12.0. The lowest BCUT2D eigenvalue weighted by molar-refractivity contribution is 0.0953. The third-order valence-electron chi connectivity index (χ3n) is 3.84. The molecule has 0 radical (unpaired) electrons. The van der Waals surface area contributed by atoms with Crippen LogP contribution in [-0.4, -0.2) is 11.6 Å². The zero-order valence-electron chi connectivity index (χ0n) is 13.6. The normalized spacial score (nSPS) is 11.3. The Balaban J connectivity index is 1.72. The molecule has 0 bridgehead atoms. The molecule has 24 heavy (non-hydrogen) atoms. The van der Waals surface area contributed by atoms with Crippen molar-refractivity contribution in [3.05, 3.63) is 83.8 Å². The molecule has 120 valence electrons. The second-order valence-electron chi connectivity index (χ2n) is 5.47. The van der Waals surface area contributed by atoms with E-state index in [1.54, 1.807) is 13.0 Å². The summed E-state index contributed by atoms with van der Waals surface area (Å²) in [6.45, 7) is 3.60. The fraction of sp³-hybridized carbons (Fsp3) is 0.100. The number of hydrogen-bond acceptors (Lipinski definition) is 3. The number of carbonyl (C=O) groups excluding carboxylic acids is 1. The third-order valence-corrected chi connectivity index (χ3v) is 3.84. The average Bonchev–Trinajstić information content (AvgIpc) is 3.06. The number of aryl methyl sites for hydroxylation is 1. The summed E-state index contributed by atoms with van der Waals surface area (Å²) in [5, 5.41) is 4.17. The number of nitrogens with zero attached hydrogens (tertiary/aromatic N) is 1. The Morgan fingerprint density at radius 3 is 2.25 bits per heavy atom. The predicted octanol–water partition coefficient (Wildman–Crippen LogP) is 4.41. The van der Waals surface area contributed by atoms with Crippen LogP contribution in [0.1, 0.15) is 28.6 Å². The monoisotopic (exact) mass is 318 g/mol. The van der Waals surface area contributed by atoms with Gasteiger partial charge in [-0.05, 0) is 36.6 Å². The highest BCUT2D eigenvalue weighted by molar-refractivity contribution is 6.01. The zero-order chi connectivity index (χ0) is 16.9. The van der Waals surface area contributed by atoms with Crippen LogP contribution in [0.5, 0.6) is 0 Å². The van der Waals surface area contributed by atoms with Crippen LogP contribution >= 0.6 is 0 Å². The van der Waals surface area contributed by atoms with Gasteiger partial charge in [0.1, 0.15) is 5.76 Å². The SMILES string of the molecule is CC(=NNC(=O)c1ccoc1C)c1ccc(-c2ccccc2)cc1. The first kappa shape index (κ1) is 15.7. The van der Waals surface area contributed by atoms with Crippen molar-refractivity contribution in [2.75, 3.05) is 0 Å². The molecule has 0 saturated carbocycles. The fourth-order valence-electron chi connectivity index (χ4n) is 2.41. The third kappa shape index (κ3) is 3.43. The number of benzene rings is 2. The van der Waals surface area contributed by atoms with E-state index in [4.69, 9.17) is 4.42 Å². The summed E-state index contributed by atoms with van der Waals surface area (Å²) < 4.78 is 5.12. The highest BCUT2D eigenvalue weighted by Gasteiger charge is 2.10. The maximum Gasteiger partial charge on any atom is 0.274 e. The standard InChI is InChI=1S/C20H18N2O2/c1-14(21-22-20(23)19-12-13-24-15(19)2)16-8-10-18(11-9-16)17-6-4-3-5-7-17/h3-13H,1-2H3,(H,22,23). The van der Waals surface area contributed by atoms with Crippen molar-refractivity contribution in [3.8, 4) is 11.1 Å². The maximum absolute atomic E-state index is 12.0. The van der Waals surface area contributed by atoms with E-state index in [9.17, 15) is 4.79 Å². The van der Waals surface area contributed by atoms with Crippen molar-refractivity contribution in [2.45, 2.75) is 13.8 Å². The molecular formula is C20H18N2O2. The first-order chi connectivity index (χ1) is 11.6. The largest absolute Gasteiger partial charge is 0.469 e. The van der Waals surface area contributed by atoms with Crippen LogP contribution in [0.2, 0.25) is 0 Å². The zero-order valence-corrected chi connectivity index (χ0v) is 13.6. The first-order valence-electron chi connectivity index (χ1n) is 7.70. The molecule has 0 aliphatic heterocycles. The van der Waals surface area contributed by atoms with Gasteiger partial charge in [0.05, 0.1) is 17.5 Å². The molecule has 1 aromatic heterocycles. The Morgan fingerprint density at radius 1 is 0.958 bits per heavy atom. The molecule has 0 atom stereocenters. The minimum Gasteiger partial charge on any atom is -0.469 e. The van der Waals surface area contributed by atoms with E-state index in [0.717, 1.165) is 16.8 Å². The molecule has 2 aromatic carbocycles. The summed E-state index contributed by atoms with van der Waals surface area (Å²) in [5.74, 6) is 0.300. The second kappa shape index (κ2) is 6.96. The smallest absolute Gasteiger partial charge is 0.274 e. The summed E-state index contributed by atoms with van der Waals surface area (Å²) in [7, 11) is 0. The Labute approximate surface area is 140 Å². The molecule has 1 N–H and O–H groups in total. The topological polar surface area (TPSA) is 54.6 Å². The molecular weight excluding hydrogens is 300 g/mol. The van der Waals surface area contributed by atoms with Gasteiger partial charge in [-0.2, -0.15) is 5.10 Å². The number of nitrogens with one attached hydrogen (secondary N) is 1. The van der Waals surface area contributed by atoms with Gasteiger partial charge >= 0.3 is 0 Å². The summed E-state index contributed by atoms with van der Waals surface area (Å²) >= 11 is 0. The molecule has 3 aromatic rings. The Kier molecular flexibility index (Phi) is 4.57. The molecule has 1 heterocycles. The molecule has 3 rings (SSSR count). The number of hydrazone groups is 1. The van der Waals surface area contributed by atoms with Gasteiger partial charge in [-0.25, -0.2) is 5.43 Å². The van der Waals surface area contributed by atoms with E-state index in [2.05, 4.69) is 22.7 Å². The number of hydrogen-bond donors (Lipinski definition) is 1. The molecule has 1 amide bonds. The van der Waals surface area contributed by atoms with Crippen LogP contribution in [0.25, 0.3) is 11.1 Å². The van der Waals surface area contributed by atoms with Crippen molar-refractivity contribution in [1.29, 1.82) is 0 Å². The van der Waals surface area contributed by atoms with Gasteiger partial charge in [0.15, 0.2) is 0 Å². The summed E-state index contributed by atoms with van der Waals surface area (Å²) in [6.07, 6.45) is 1.49. The molecule has 0 spiro atoms. The lowest BCUT2D eigenvalue weighted by Crippen LogP contribution is -2.19. The van der Waals surface area contributed by atoms with Crippen LogP contribution < -0.4 is 5.43 Å². The van der Waals surface area contributed by atoms with E-state index >= 15 is 0 Å². The van der Waals surface area contributed by atoms with Crippen molar-refractivity contribution in [1.82, 2.24) is 5.43 Å². The Hall–Kier alpha value is -3.14. The molecule has 0 saturated heterocycles. The van der Waals surface area contributed by atoms with Crippen LogP contribution in [0, 0.1) is 6.92 Å². The summed E-state index contributed by atoms with van der Waals surface area (Å²) in [6, 6.07) is 19.9. The quantitative estimate of drug-likeness (QED) is 0.572. The molecule has 0 fully saturated rings. The minimum atomic E-state index is -0.276. The van der Waals surface area contributed by atoms with Crippen LogP contribution in [0.4, 0.5) is 0 Å². The molecule has 4 heteroatoms. The van der Waals surface area contributed by atoms with Crippen LogP contribution in [0.15, 0.2) is 76.4 Å². The summed E-state index contributed by atoms with van der Waals surface area (Å²) in [5.41, 5.74) is 7.06. The number of amides is 1. The fourth-order valence-corrected chi connectivity index (χ4v) is 2.41. The number of furan rings is 1. The minimum absolute atomic E-state index is 0.276. The molecule has 4 nitrogen and oxygen atoms in total. The number of rotatable bonds is 4. The van der Waals surface area contributed by atoms with Gasteiger partial charge in [0, 0.05) is 0 Å². The predicted molar refractivity (Wildman–Crippen MR) is 95.0 cm³/mol. The maximum atomic E-state index is 12.0. The van der Waals surface area contributed by atoms with Gasteiger partial charge in [-0.1, -0.05) is 54.6 Å². The molecule has 0 aliphatic rings. The second-order valence-corrected chi connectivity index (χ2v) is 5.47. The average molecular weight is 318 g/mol. The lowest BCUT2D eigenvalue weighted by Gasteiger charge is -2.05. The van der Waals surface area contributed by atoms with E-state index in [1.807, 2.05) is 49.4 Å². The van der Waals surface area contributed by atoms with Gasteiger partial charge in [0.2, 0.25) is 0 Å². The van der Waals surface area contributed by atoms with E-state index in [0.29, 0.717) is 11.3 Å². The van der Waals surface area contributed by atoms with Gasteiger partial charge in [-0.15, -0.1) is 0 Å². The molecule has 0 unspecified atom stereocenters. The van der Waals surface area contributed by atoms with E-state index < -0.39 is 0 Å². The van der Waals surface area contributed by atoms with Crippen molar-refractivity contribution in [2.24, 2.45) is 5.10 Å². The van der Waals surface area contributed by atoms with Gasteiger partial charge < -0.3 is 4.42 Å².